The topological polar surface area (TPSA) is 127 Å². The number of nitro groups is 1. The van der Waals surface area contributed by atoms with Gasteiger partial charge in [-0.3, -0.25) is 19.6 Å². The molecule has 0 radical (unpaired) electrons. The molecular weight excluding hydrogens is 408 g/mol. The molecule has 2 atom stereocenters. The zero-order chi connectivity index (χ0) is 21.7. The number of aryl methyl sites for hydroxylation is 1. The van der Waals surface area contributed by atoms with Crippen molar-refractivity contribution in [3.05, 3.63) is 63.4 Å². The van der Waals surface area contributed by atoms with Crippen molar-refractivity contribution in [2.45, 2.75) is 44.9 Å². The lowest BCUT2D eigenvalue weighted by Crippen LogP contribution is -2.28. The van der Waals surface area contributed by atoms with Gasteiger partial charge in [0.05, 0.1) is 10.7 Å². The molecule has 3 rings (SSSR count). The van der Waals surface area contributed by atoms with Crippen LogP contribution < -0.4 is 4.72 Å². The monoisotopic (exact) mass is 434 g/mol. The van der Waals surface area contributed by atoms with Crippen molar-refractivity contribution in [3.8, 4) is 0 Å². The number of hydrogen-bond acceptors (Lipinski definition) is 5. The van der Waals surface area contributed by atoms with Crippen LogP contribution in [0.4, 0.5) is 5.69 Å². The molecule has 1 aromatic rings. The summed E-state index contributed by atoms with van der Waals surface area (Å²) in [7, 11) is -3.51. The van der Waals surface area contributed by atoms with Gasteiger partial charge in [-0.05, 0) is 55.6 Å². The van der Waals surface area contributed by atoms with Gasteiger partial charge in [0.15, 0.2) is 0 Å². The number of benzene rings is 1. The molecule has 0 aromatic heterocycles. The van der Waals surface area contributed by atoms with Gasteiger partial charge in [0.25, 0.3) is 5.69 Å². The van der Waals surface area contributed by atoms with Crippen LogP contribution in [0, 0.1) is 22.0 Å². The highest BCUT2D eigenvalue weighted by molar-refractivity contribution is 7.89. The zero-order valence-electron chi connectivity index (χ0n) is 16.6. The molecule has 0 spiro atoms. The number of nitro benzene ring substituents is 1. The number of carboxylic acids is 1. The van der Waals surface area contributed by atoms with E-state index in [1.807, 2.05) is 6.08 Å². The lowest BCUT2D eigenvalue weighted by molar-refractivity contribution is -0.384. The maximum Gasteiger partial charge on any atom is 0.303 e. The molecule has 8 nitrogen and oxygen atoms in total. The van der Waals surface area contributed by atoms with Crippen LogP contribution in [-0.2, 0) is 21.2 Å². The molecule has 2 bridgehead atoms. The van der Waals surface area contributed by atoms with Crippen LogP contribution in [0.25, 0.3) is 0 Å². The van der Waals surface area contributed by atoms with Crippen LogP contribution >= 0.6 is 0 Å². The smallest absolute Gasteiger partial charge is 0.303 e. The first-order valence-corrected chi connectivity index (χ1v) is 11.7. The number of allylic oxidation sites excluding steroid dienone is 4. The lowest BCUT2D eigenvalue weighted by Gasteiger charge is -2.19. The number of unbranched alkanes of at least 4 members (excludes halogenated alkanes) is 1. The van der Waals surface area contributed by atoms with Crippen molar-refractivity contribution in [1.82, 2.24) is 4.72 Å². The minimum Gasteiger partial charge on any atom is -0.481 e. The quantitative estimate of drug-likeness (QED) is 0.237. The van der Waals surface area contributed by atoms with Crippen molar-refractivity contribution >= 4 is 21.7 Å². The summed E-state index contributed by atoms with van der Waals surface area (Å²) in [6.07, 6.45) is 8.49. The summed E-state index contributed by atoms with van der Waals surface area (Å²) in [6.45, 7) is 0. The summed E-state index contributed by atoms with van der Waals surface area (Å²) in [5, 5.41) is 19.4. The third-order valence-corrected chi connectivity index (χ3v) is 6.94. The Morgan fingerprint density at radius 3 is 2.63 bits per heavy atom. The molecule has 9 heteroatoms. The van der Waals surface area contributed by atoms with Gasteiger partial charge in [0.1, 0.15) is 0 Å². The van der Waals surface area contributed by atoms with Crippen LogP contribution in [0.1, 0.15) is 44.1 Å². The molecule has 2 unspecified atom stereocenters. The second-order valence-corrected chi connectivity index (χ2v) is 9.77. The van der Waals surface area contributed by atoms with E-state index in [4.69, 9.17) is 5.11 Å². The second kappa shape index (κ2) is 9.42. The minimum atomic E-state index is -3.51. The van der Waals surface area contributed by atoms with Gasteiger partial charge >= 0.3 is 5.97 Å². The largest absolute Gasteiger partial charge is 0.481 e. The molecule has 0 heterocycles. The van der Waals surface area contributed by atoms with E-state index in [2.05, 4.69) is 10.8 Å². The molecular formula is C21H26N2O6S. The molecule has 2 aliphatic carbocycles. The van der Waals surface area contributed by atoms with Crippen molar-refractivity contribution in [2.75, 3.05) is 5.75 Å². The van der Waals surface area contributed by atoms with E-state index in [0.717, 1.165) is 36.1 Å². The predicted octanol–water partition coefficient (Wildman–Crippen LogP) is 3.55. The summed E-state index contributed by atoms with van der Waals surface area (Å²) in [5.41, 5.74) is 2.66. The Bertz CT molecular complexity index is 966. The number of nitrogens with zero attached hydrogens (tertiary/aromatic N) is 1. The number of nitrogens with one attached hydrogen (secondary N) is 1. The number of sulfonamides is 1. The third-order valence-electron chi connectivity index (χ3n) is 5.64. The van der Waals surface area contributed by atoms with Crippen LogP contribution in [0.2, 0.25) is 0 Å². The molecule has 2 N–H and O–H groups in total. The molecule has 1 saturated carbocycles. The van der Waals surface area contributed by atoms with Gasteiger partial charge in [-0.2, -0.15) is 0 Å². The van der Waals surface area contributed by atoms with E-state index in [1.165, 1.54) is 12.1 Å². The van der Waals surface area contributed by atoms with Crippen LogP contribution in [0.15, 0.2) is 47.7 Å². The third kappa shape index (κ3) is 5.91. The number of carbonyl (C=O) groups is 1. The summed E-state index contributed by atoms with van der Waals surface area (Å²) >= 11 is 0. The minimum absolute atomic E-state index is 0.0178. The zero-order valence-corrected chi connectivity index (χ0v) is 17.4. The summed E-state index contributed by atoms with van der Waals surface area (Å²) in [5.74, 6) is -0.194. The van der Waals surface area contributed by atoms with Gasteiger partial charge in [0, 0.05) is 30.2 Å². The Balaban J connectivity index is 1.55. The SMILES string of the molecule is O=C(O)CCCC=CC1CC2CC(NS(=O)(=O)CCc3ccc([N+](=O)[O-])cc3)=C1C2. The molecule has 30 heavy (non-hydrogen) atoms. The van der Waals surface area contributed by atoms with Crippen LogP contribution in [0.3, 0.4) is 0 Å². The highest BCUT2D eigenvalue weighted by Crippen LogP contribution is 2.47. The van der Waals surface area contributed by atoms with E-state index in [9.17, 15) is 23.3 Å². The van der Waals surface area contributed by atoms with Crippen molar-refractivity contribution in [2.24, 2.45) is 11.8 Å². The van der Waals surface area contributed by atoms with Crippen LogP contribution in [-0.4, -0.2) is 30.2 Å². The van der Waals surface area contributed by atoms with Gasteiger partial charge in [-0.15, -0.1) is 0 Å². The van der Waals surface area contributed by atoms with E-state index < -0.39 is 20.9 Å². The van der Waals surface area contributed by atoms with E-state index in [0.29, 0.717) is 18.8 Å². The van der Waals surface area contributed by atoms with Crippen molar-refractivity contribution in [1.29, 1.82) is 0 Å². The molecule has 162 valence electrons. The van der Waals surface area contributed by atoms with Gasteiger partial charge in [-0.1, -0.05) is 24.3 Å². The fourth-order valence-corrected chi connectivity index (χ4v) is 5.37. The predicted molar refractivity (Wildman–Crippen MR) is 112 cm³/mol. The summed E-state index contributed by atoms with van der Waals surface area (Å²) in [6, 6.07) is 5.92. The number of fused-ring (bicyclic) bond motifs is 2. The Hall–Kier alpha value is -2.68. The molecule has 0 saturated heterocycles. The maximum atomic E-state index is 12.6. The van der Waals surface area contributed by atoms with Gasteiger partial charge in [-0.25, -0.2) is 8.42 Å². The average molecular weight is 435 g/mol. The van der Waals surface area contributed by atoms with Crippen LogP contribution in [0.5, 0.6) is 0 Å². The number of non-ortho nitro benzene ring substituents is 1. The highest BCUT2D eigenvalue weighted by Gasteiger charge is 2.37. The summed E-state index contributed by atoms with van der Waals surface area (Å²) in [4.78, 5) is 20.8. The molecule has 2 aliphatic rings. The fourth-order valence-electron chi connectivity index (χ4n) is 4.18. The van der Waals surface area contributed by atoms with Crippen molar-refractivity contribution in [3.63, 3.8) is 0 Å². The first-order chi connectivity index (χ1) is 14.2. The fraction of sp³-hybridized carbons (Fsp3) is 0.476. The maximum absolute atomic E-state index is 12.6. The standard InChI is InChI=1S/C21H26N2O6S/c24-21(25)5-3-1-2-4-17-12-16-13-19(17)20(14-16)22-30(28,29)11-10-15-6-8-18(9-7-15)23(26)27/h2,4,6-9,16-17,22H,1,3,5,10-14H2,(H,24,25). The Morgan fingerprint density at radius 1 is 1.27 bits per heavy atom. The van der Waals surface area contributed by atoms with E-state index in [-0.39, 0.29) is 30.2 Å². The highest BCUT2D eigenvalue weighted by atomic mass is 32.2. The first kappa shape index (κ1) is 22.0. The summed E-state index contributed by atoms with van der Waals surface area (Å²) < 4.78 is 27.9. The first-order valence-electron chi connectivity index (χ1n) is 10.1. The number of rotatable bonds is 11. The van der Waals surface area contributed by atoms with Gasteiger partial charge in [0.2, 0.25) is 10.0 Å². The molecule has 0 amide bonds. The Morgan fingerprint density at radius 2 is 2.00 bits per heavy atom. The normalized spacial score (nSPS) is 20.8. The second-order valence-electron chi connectivity index (χ2n) is 7.93. The van der Waals surface area contributed by atoms with Gasteiger partial charge < -0.3 is 5.11 Å². The number of carboxylic acid groups (broad SMARTS) is 1. The average Bonchev–Trinajstić information content (AvgIpc) is 3.26. The number of aliphatic carboxylic acids is 1. The van der Waals surface area contributed by atoms with E-state index >= 15 is 0 Å². The molecule has 0 aliphatic heterocycles. The van der Waals surface area contributed by atoms with Crippen molar-refractivity contribution < 1.29 is 23.2 Å². The Labute approximate surface area is 175 Å². The lowest BCUT2D eigenvalue weighted by atomic mass is 9.93. The van der Waals surface area contributed by atoms with E-state index in [1.54, 1.807) is 12.1 Å². The molecule has 1 fully saturated rings. The number of hydrogen-bond donors (Lipinski definition) is 2. The Kier molecular flexibility index (Phi) is 6.91. The molecule has 1 aromatic carbocycles.